The van der Waals surface area contributed by atoms with E-state index in [1.807, 2.05) is 12.1 Å². The van der Waals surface area contributed by atoms with E-state index < -0.39 is 16.0 Å². The lowest BCUT2D eigenvalue weighted by Crippen LogP contribution is -2.11. The van der Waals surface area contributed by atoms with Gasteiger partial charge in [0.1, 0.15) is 4.21 Å². The Bertz CT molecular complexity index is 733. The molecule has 2 rings (SSSR count). The number of hydrogen-bond acceptors (Lipinski definition) is 4. The number of aryl methyl sites for hydroxylation is 1. The summed E-state index contributed by atoms with van der Waals surface area (Å²) >= 11 is 0.884. The molecule has 1 heterocycles. The third-order valence-electron chi connectivity index (χ3n) is 2.83. The summed E-state index contributed by atoms with van der Waals surface area (Å²) < 4.78 is 26.7. The van der Waals surface area contributed by atoms with Crippen molar-refractivity contribution in [2.45, 2.75) is 24.0 Å². The number of sulfonamides is 1. The molecule has 2 N–H and O–H groups in total. The number of rotatable bonds is 6. The summed E-state index contributed by atoms with van der Waals surface area (Å²) in [5.41, 5.74) is 1.57. The Balaban J connectivity index is 2.18. The van der Waals surface area contributed by atoms with Gasteiger partial charge in [0.15, 0.2) is 0 Å². The average Bonchev–Trinajstić information content (AvgIpc) is 2.92. The molecule has 0 bridgehead atoms. The Morgan fingerprint density at radius 2 is 1.95 bits per heavy atom. The van der Waals surface area contributed by atoms with Crippen molar-refractivity contribution in [3.63, 3.8) is 0 Å². The molecule has 0 aliphatic rings. The van der Waals surface area contributed by atoms with E-state index >= 15 is 0 Å². The second-order valence-corrected chi connectivity index (χ2v) is 7.33. The Hall–Kier alpha value is -1.86. The van der Waals surface area contributed by atoms with Crippen LogP contribution in [0.4, 0.5) is 5.69 Å². The molecule has 2 aromatic rings. The van der Waals surface area contributed by atoms with Crippen LogP contribution in [-0.2, 0) is 16.4 Å². The zero-order valence-corrected chi connectivity index (χ0v) is 13.0. The highest BCUT2D eigenvalue weighted by Crippen LogP contribution is 2.23. The van der Waals surface area contributed by atoms with Crippen LogP contribution in [0.25, 0.3) is 0 Å². The predicted octanol–water partition coefficient (Wildman–Crippen LogP) is 3.20. The predicted molar refractivity (Wildman–Crippen MR) is 82.5 cm³/mol. The number of anilines is 1. The summed E-state index contributed by atoms with van der Waals surface area (Å²) in [6.45, 7) is 2.08. The molecule has 1 aromatic carbocycles. The van der Waals surface area contributed by atoms with Crippen LogP contribution < -0.4 is 4.72 Å². The third-order valence-corrected chi connectivity index (χ3v) is 5.65. The standard InChI is InChI=1S/C14H15NO4S2/c1-2-3-10-4-6-12(7-5-10)15-21(18,19)13-8-11(9-20-13)14(16)17/h4-9,15H,2-3H2,1H3,(H,16,17). The fourth-order valence-corrected chi connectivity index (χ4v) is 4.02. The van der Waals surface area contributed by atoms with Gasteiger partial charge < -0.3 is 5.11 Å². The molecular formula is C14H15NO4S2. The van der Waals surface area contributed by atoms with E-state index in [9.17, 15) is 13.2 Å². The molecular weight excluding hydrogens is 310 g/mol. The Morgan fingerprint density at radius 3 is 2.48 bits per heavy atom. The van der Waals surface area contributed by atoms with Crippen LogP contribution in [0.3, 0.4) is 0 Å². The second-order valence-electron chi connectivity index (χ2n) is 4.51. The van der Waals surface area contributed by atoms with E-state index in [2.05, 4.69) is 11.6 Å². The zero-order valence-electron chi connectivity index (χ0n) is 11.4. The molecule has 0 fully saturated rings. The minimum absolute atomic E-state index is 0.0162. The van der Waals surface area contributed by atoms with Gasteiger partial charge in [0, 0.05) is 11.1 Å². The summed E-state index contributed by atoms with van der Waals surface area (Å²) in [6.07, 6.45) is 1.97. The van der Waals surface area contributed by atoms with Crippen molar-refractivity contribution in [1.82, 2.24) is 0 Å². The molecule has 21 heavy (non-hydrogen) atoms. The molecule has 0 aliphatic carbocycles. The summed E-state index contributed by atoms with van der Waals surface area (Å²) in [6, 6.07) is 8.31. The molecule has 0 saturated heterocycles. The van der Waals surface area contributed by atoms with Crippen LogP contribution >= 0.6 is 11.3 Å². The minimum atomic E-state index is -3.75. The number of nitrogens with one attached hydrogen (secondary N) is 1. The molecule has 0 atom stereocenters. The lowest BCUT2D eigenvalue weighted by atomic mass is 10.1. The summed E-state index contributed by atoms with van der Waals surface area (Å²) in [5.74, 6) is -1.14. The van der Waals surface area contributed by atoms with Crippen molar-refractivity contribution in [2.75, 3.05) is 4.72 Å². The van der Waals surface area contributed by atoms with E-state index in [-0.39, 0.29) is 9.77 Å². The number of hydrogen-bond donors (Lipinski definition) is 2. The average molecular weight is 325 g/mol. The van der Waals surface area contributed by atoms with Crippen LogP contribution in [-0.4, -0.2) is 19.5 Å². The van der Waals surface area contributed by atoms with Crippen LogP contribution in [0.2, 0.25) is 0 Å². The van der Waals surface area contributed by atoms with Crippen molar-refractivity contribution in [2.24, 2.45) is 0 Å². The topological polar surface area (TPSA) is 83.5 Å². The van der Waals surface area contributed by atoms with Gasteiger partial charge in [-0.1, -0.05) is 25.5 Å². The Kier molecular flexibility index (Phi) is 4.64. The number of benzene rings is 1. The molecule has 1 aromatic heterocycles. The fraction of sp³-hybridized carbons (Fsp3) is 0.214. The Labute approximate surface area is 127 Å². The third kappa shape index (κ3) is 3.83. The highest BCUT2D eigenvalue weighted by Gasteiger charge is 2.18. The summed E-state index contributed by atoms with van der Waals surface area (Å²) in [4.78, 5) is 10.8. The number of thiophene rings is 1. The van der Waals surface area contributed by atoms with Gasteiger partial charge in [0.2, 0.25) is 0 Å². The van der Waals surface area contributed by atoms with Crippen LogP contribution in [0.15, 0.2) is 39.9 Å². The van der Waals surface area contributed by atoms with E-state index in [4.69, 9.17) is 5.11 Å². The van der Waals surface area contributed by atoms with Crippen molar-refractivity contribution >= 4 is 33.0 Å². The van der Waals surface area contributed by atoms with E-state index in [0.29, 0.717) is 5.69 Å². The highest BCUT2D eigenvalue weighted by molar-refractivity contribution is 7.94. The second kappa shape index (κ2) is 6.28. The minimum Gasteiger partial charge on any atom is -0.478 e. The van der Waals surface area contributed by atoms with Crippen LogP contribution in [0.1, 0.15) is 29.3 Å². The lowest BCUT2D eigenvalue weighted by Gasteiger charge is -2.07. The highest BCUT2D eigenvalue weighted by atomic mass is 32.2. The normalized spacial score (nSPS) is 11.3. The van der Waals surface area contributed by atoms with E-state index in [1.54, 1.807) is 12.1 Å². The van der Waals surface area contributed by atoms with Crippen molar-refractivity contribution in [1.29, 1.82) is 0 Å². The fourth-order valence-electron chi connectivity index (χ4n) is 1.80. The molecule has 0 unspecified atom stereocenters. The molecule has 0 saturated carbocycles. The lowest BCUT2D eigenvalue weighted by molar-refractivity contribution is 0.0697. The molecule has 0 radical (unpaired) electrons. The van der Waals surface area contributed by atoms with Gasteiger partial charge in [0.25, 0.3) is 10.0 Å². The van der Waals surface area contributed by atoms with Gasteiger partial charge in [-0.2, -0.15) is 0 Å². The molecule has 7 heteroatoms. The van der Waals surface area contributed by atoms with Crippen LogP contribution in [0, 0.1) is 0 Å². The monoisotopic (exact) mass is 325 g/mol. The molecule has 0 aliphatic heterocycles. The van der Waals surface area contributed by atoms with Crippen LogP contribution in [0.5, 0.6) is 0 Å². The molecule has 0 spiro atoms. The largest absolute Gasteiger partial charge is 0.478 e. The SMILES string of the molecule is CCCc1ccc(NS(=O)(=O)c2cc(C(=O)O)cs2)cc1. The van der Waals surface area contributed by atoms with Gasteiger partial charge in [0.05, 0.1) is 5.56 Å². The van der Waals surface area contributed by atoms with Crippen molar-refractivity contribution in [3.05, 3.63) is 46.8 Å². The molecule has 112 valence electrons. The van der Waals surface area contributed by atoms with Gasteiger partial charge in [-0.15, -0.1) is 11.3 Å². The number of carboxylic acids is 1. The van der Waals surface area contributed by atoms with Gasteiger partial charge in [-0.3, -0.25) is 4.72 Å². The number of aromatic carboxylic acids is 1. The first-order valence-electron chi connectivity index (χ1n) is 6.36. The van der Waals surface area contributed by atoms with Crippen molar-refractivity contribution in [3.8, 4) is 0 Å². The first-order chi connectivity index (χ1) is 9.92. The zero-order chi connectivity index (χ0) is 15.5. The quantitative estimate of drug-likeness (QED) is 0.854. The van der Waals surface area contributed by atoms with E-state index in [1.165, 1.54) is 5.38 Å². The van der Waals surface area contributed by atoms with Gasteiger partial charge >= 0.3 is 5.97 Å². The first kappa shape index (κ1) is 15.5. The molecule has 5 nitrogen and oxygen atoms in total. The molecule has 0 amide bonds. The Morgan fingerprint density at radius 1 is 1.29 bits per heavy atom. The maximum Gasteiger partial charge on any atom is 0.336 e. The smallest absolute Gasteiger partial charge is 0.336 e. The maximum atomic E-state index is 12.2. The summed E-state index contributed by atoms with van der Waals surface area (Å²) in [7, 11) is -3.75. The maximum absolute atomic E-state index is 12.2. The summed E-state index contributed by atoms with van der Waals surface area (Å²) in [5, 5.41) is 10.1. The van der Waals surface area contributed by atoms with Crippen molar-refractivity contribution < 1.29 is 18.3 Å². The number of carbonyl (C=O) groups is 1. The van der Waals surface area contributed by atoms with E-state index in [0.717, 1.165) is 35.8 Å². The first-order valence-corrected chi connectivity index (χ1v) is 8.72. The van der Waals surface area contributed by atoms with Gasteiger partial charge in [-0.25, -0.2) is 13.2 Å². The number of carboxylic acid groups (broad SMARTS) is 1. The van der Waals surface area contributed by atoms with Gasteiger partial charge in [-0.05, 0) is 30.2 Å².